The van der Waals surface area contributed by atoms with Crippen LogP contribution in [0.25, 0.3) is 0 Å². The lowest BCUT2D eigenvalue weighted by Gasteiger charge is -2.48. The van der Waals surface area contributed by atoms with Crippen molar-refractivity contribution in [2.75, 3.05) is 39.5 Å². The van der Waals surface area contributed by atoms with E-state index in [0.29, 0.717) is 6.42 Å². The van der Waals surface area contributed by atoms with Crippen molar-refractivity contribution in [2.45, 2.75) is 235 Å². The number of aliphatic carboxylic acids is 1. The summed E-state index contributed by atoms with van der Waals surface area (Å²) >= 11 is 0. The summed E-state index contributed by atoms with van der Waals surface area (Å²) in [6.07, 6.45) is -26.5. The first-order chi connectivity index (χ1) is 45.4. The van der Waals surface area contributed by atoms with Crippen LogP contribution in [-0.2, 0) is 90.8 Å². The molecule has 4 saturated heterocycles. The van der Waals surface area contributed by atoms with Crippen LogP contribution in [0, 0.1) is 5.92 Å². The quantitative estimate of drug-likeness (QED) is 0.0284. The number of hydrogen-bond acceptors (Lipinski definition) is 27. The van der Waals surface area contributed by atoms with Gasteiger partial charge in [-0.15, -0.1) is 0 Å². The number of nitrogens with one attached hydrogen (secondary N) is 10. The topological polar surface area (TPSA) is 609 Å². The van der Waals surface area contributed by atoms with Gasteiger partial charge in [-0.25, -0.2) is 0 Å². The molecular formula is C57H94N12O28. The maximum absolute atomic E-state index is 15.4. The van der Waals surface area contributed by atoms with E-state index in [-0.39, 0.29) is 25.3 Å². The Labute approximate surface area is 556 Å². The molecule has 0 aromatic heterocycles. The third-order valence-corrected chi connectivity index (χ3v) is 16.0. The van der Waals surface area contributed by atoms with Gasteiger partial charge in [0.05, 0.1) is 45.1 Å². The second-order valence-corrected chi connectivity index (χ2v) is 24.3. The minimum atomic E-state index is -2.21. The minimum absolute atomic E-state index is 0.00655. The lowest BCUT2D eigenvalue weighted by atomic mass is 9.94. The van der Waals surface area contributed by atoms with Gasteiger partial charge in [0.2, 0.25) is 70.9 Å². The number of ether oxygens (including phenoxy) is 6. The first kappa shape index (κ1) is 82.0. The number of carbonyl (C=O) groups excluding carboxylic acids is 12. The van der Waals surface area contributed by atoms with E-state index in [2.05, 4.69) is 53.2 Å². The number of carboxylic acids is 1. The molecule has 23 atom stereocenters. The Hall–Kier alpha value is -7.45. The number of carbonyl (C=O) groups is 13. The van der Waals surface area contributed by atoms with Crippen molar-refractivity contribution in [1.82, 2.24) is 58.1 Å². The molecule has 0 bridgehead atoms. The number of carboxylic acid groups (broad SMARTS) is 1. The van der Waals surface area contributed by atoms with Gasteiger partial charge in [-0.2, -0.15) is 0 Å². The molecule has 0 radical (unpaired) electrons. The fraction of sp³-hybridized carbons (Fsp3) is 0.772. The second kappa shape index (κ2) is 38.1. The summed E-state index contributed by atoms with van der Waals surface area (Å²) in [6, 6.07) is -15.2. The summed E-state index contributed by atoms with van der Waals surface area (Å²) in [5, 5.41) is 119. The molecule has 0 aliphatic carbocycles. The number of aliphatic hydroxyl groups is 8. The normalized spacial score (nSPS) is 29.3. The molecule has 550 valence electrons. The second-order valence-electron chi connectivity index (χ2n) is 24.3. The van der Waals surface area contributed by atoms with Crippen molar-refractivity contribution in [3.8, 4) is 0 Å². The molecule has 40 nitrogen and oxygen atoms in total. The van der Waals surface area contributed by atoms with E-state index >= 15 is 4.79 Å². The van der Waals surface area contributed by atoms with Crippen molar-refractivity contribution >= 4 is 76.9 Å². The molecule has 0 saturated carbocycles. The molecule has 21 N–H and O–H groups in total. The largest absolute Gasteiger partial charge is 0.481 e. The Balaban J connectivity index is 1.86. The maximum atomic E-state index is 15.4. The van der Waals surface area contributed by atoms with Gasteiger partial charge >= 0.3 is 5.97 Å². The number of likely N-dealkylation sites (tertiary alicyclic amines) is 1. The highest BCUT2D eigenvalue weighted by Gasteiger charge is 2.54. The molecule has 4 aliphatic rings. The fourth-order valence-corrected chi connectivity index (χ4v) is 11.1. The predicted octanol–water partition coefficient (Wildman–Crippen LogP) is -11.3. The van der Waals surface area contributed by atoms with E-state index < -0.39 is 263 Å². The molecule has 4 fully saturated rings. The Bertz CT molecular complexity index is 2770. The van der Waals surface area contributed by atoms with E-state index in [1.165, 1.54) is 0 Å². The number of aliphatic hydroxyl groups excluding tert-OH is 8. The Morgan fingerprint density at radius 3 is 1.51 bits per heavy atom. The zero-order valence-electron chi connectivity index (χ0n) is 54.9. The number of rotatable bonds is 34. The van der Waals surface area contributed by atoms with Crippen LogP contribution in [0.5, 0.6) is 0 Å². The van der Waals surface area contributed by atoms with Gasteiger partial charge in [0.1, 0.15) is 109 Å². The first-order valence-corrected chi connectivity index (χ1v) is 31.3. The van der Waals surface area contributed by atoms with E-state index in [1.54, 1.807) is 13.8 Å². The zero-order valence-corrected chi connectivity index (χ0v) is 54.9. The Morgan fingerprint density at radius 2 is 1.01 bits per heavy atom. The highest BCUT2D eigenvalue weighted by molar-refractivity contribution is 5.97. The summed E-state index contributed by atoms with van der Waals surface area (Å²) in [5.41, 5.74) is 5.18. The summed E-state index contributed by atoms with van der Waals surface area (Å²) in [6.45, 7) is 6.40. The lowest BCUT2D eigenvalue weighted by molar-refractivity contribution is -0.332. The third kappa shape index (κ3) is 23.6. The van der Waals surface area contributed by atoms with E-state index in [0.717, 1.165) is 53.4 Å². The fourth-order valence-electron chi connectivity index (χ4n) is 11.1. The van der Waals surface area contributed by atoms with Crippen LogP contribution in [0.2, 0.25) is 0 Å². The first-order valence-electron chi connectivity index (χ1n) is 31.3. The lowest BCUT2D eigenvalue weighted by Crippen LogP contribution is -2.70. The van der Waals surface area contributed by atoms with Crippen LogP contribution in [-0.4, -0.2) is 308 Å². The summed E-state index contributed by atoms with van der Waals surface area (Å²) in [5.74, 6) is -13.3. The maximum Gasteiger partial charge on any atom is 0.303 e. The summed E-state index contributed by atoms with van der Waals surface area (Å²) < 4.78 is 36.0. The molecule has 4 heterocycles. The number of hydrogen-bond donors (Lipinski definition) is 20. The van der Waals surface area contributed by atoms with Crippen LogP contribution in [0.1, 0.15) is 94.4 Å². The number of amides is 12. The Kier molecular flexibility index (Phi) is 32.2. The van der Waals surface area contributed by atoms with Crippen molar-refractivity contribution in [3.05, 3.63) is 0 Å². The minimum Gasteiger partial charge on any atom is -0.481 e. The molecule has 0 spiro atoms. The van der Waals surface area contributed by atoms with Crippen LogP contribution in [0.15, 0.2) is 0 Å². The van der Waals surface area contributed by atoms with Crippen molar-refractivity contribution in [1.29, 1.82) is 0 Å². The van der Waals surface area contributed by atoms with E-state index in [9.17, 15) is 103 Å². The third-order valence-electron chi connectivity index (χ3n) is 16.0. The van der Waals surface area contributed by atoms with Gasteiger partial charge in [-0.3, -0.25) is 62.3 Å². The zero-order chi connectivity index (χ0) is 73.0. The highest BCUT2D eigenvalue weighted by atomic mass is 16.7. The predicted molar refractivity (Wildman–Crippen MR) is 323 cm³/mol. The number of nitrogens with two attached hydrogens (primary N) is 1. The van der Waals surface area contributed by atoms with E-state index in [1.807, 2.05) is 0 Å². The molecule has 0 aromatic rings. The van der Waals surface area contributed by atoms with Crippen LogP contribution in [0.3, 0.4) is 0 Å². The van der Waals surface area contributed by atoms with Gasteiger partial charge in [-0.1, -0.05) is 13.8 Å². The highest BCUT2D eigenvalue weighted by Crippen LogP contribution is 2.32. The molecule has 40 heteroatoms. The van der Waals surface area contributed by atoms with Crippen LogP contribution >= 0.6 is 0 Å². The van der Waals surface area contributed by atoms with Gasteiger partial charge in [0, 0.05) is 40.7 Å². The molecule has 0 aromatic carbocycles. The molecular weight excluding hydrogens is 1300 g/mol. The smallest absolute Gasteiger partial charge is 0.303 e. The average molecular weight is 1400 g/mol. The van der Waals surface area contributed by atoms with Gasteiger partial charge in [-0.05, 0) is 52.4 Å². The van der Waals surface area contributed by atoms with Crippen molar-refractivity contribution in [3.63, 3.8) is 0 Å². The van der Waals surface area contributed by atoms with Crippen molar-refractivity contribution in [2.24, 2.45) is 11.7 Å². The molecule has 4 aliphatic heterocycles. The van der Waals surface area contributed by atoms with Crippen LogP contribution in [0.4, 0.5) is 0 Å². The molecule has 0 unspecified atom stereocenters. The van der Waals surface area contributed by atoms with Crippen molar-refractivity contribution < 1.29 is 137 Å². The molecule has 97 heavy (non-hydrogen) atoms. The van der Waals surface area contributed by atoms with Gasteiger partial charge in [0.15, 0.2) is 18.9 Å². The summed E-state index contributed by atoms with van der Waals surface area (Å²) in [7, 11) is 0. The number of primary amides is 1. The van der Waals surface area contributed by atoms with Gasteiger partial charge < -0.3 is 138 Å². The number of nitrogens with zero attached hydrogens (tertiary/aromatic N) is 1. The van der Waals surface area contributed by atoms with E-state index in [4.69, 9.17) is 34.2 Å². The van der Waals surface area contributed by atoms with Crippen LogP contribution < -0.4 is 58.9 Å². The average Bonchev–Trinajstić information content (AvgIpc) is 1.30. The Morgan fingerprint density at radius 1 is 0.536 bits per heavy atom. The molecule has 12 amide bonds. The SMILES string of the molecule is CC(=O)N[C@H]1[C@@H](O[C@H]2[C@@H](O)[C@@H](CO)O[C@H](O[C@H](C)[C@H](NC(=O)[C@H](C)NC(=O)[C@H](CC(C)C)NC(=O)[C@H](CCC(=O)O)NC(C)=O)C(=O)N[C@H](C(=O)NCC(=O)N3CCC[C@H]3C(=O)NCC(N)=O)[C@@H](C)O[C@H]3O[C@H](CO)[C@H](O)[C@H](O)[C@H]3NC(C)=O)[C@@H]2NC(C)=O)O[C@H](CO)[C@H](O)[C@@H]1O. The standard InChI is InChI=1S/C57H94N12O28/c1-21(2)15-30(66-50(87)29(62-25(6)73)12-13-37(79)80)51(88)61-22(3)49(86)67-39(24(5)93-57-42(65-28(9)76)48(45(83)34(20-72)96-57)97-56-41(64-27(8)75)47(85)44(82)33(19-71)95-56)54(91)68-38(23(4)92-55-40(63-26(7)74)46(84)43(81)32(18-70)94-55)53(90)60-17-36(78)69-14-10-11-31(69)52(89)59-16-35(58)77/h21-24,29-34,38-48,55-57,70-72,81-85H,10-20H2,1-9H3,(H2,58,77)(H,59,89)(H,60,90)(H,61,88)(H,62,73)(H,63,74)(H,64,75)(H,65,76)(H,66,87)(H,67,86)(H,68,91)(H,79,80)/t22-,23+,24+,29-,30-,31-,32+,33+,34+,38-,39-,40+,41+,42+,43-,44-,45-,46+,47+,48+,55-,56+,57-/m0/s1. The monoisotopic (exact) mass is 1390 g/mol. The summed E-state index contributed by atoms with van der Waals surface area (Å²) in [4.78, 5) is 173. The van der Waals surface area contributed by atoms with Gasteiger partial charge in [0.25, 0.3) is 0 Å². The molecule has 4 rings (SSSR count).